The summed E-state index contributed by atoms with van der Waals surface area (Å²) in [5.41, 5.74) is -0.823. The van der Waals surface area contributed by atoms with E-state index in [4.69, 9.17) is 0 Å². The highest BCUT2D eigenvalue weighted by Crippen LogP contribution is 2.29. The second-order valence-electron chi connectivity index (χ2n) is 8.24. The van der Waals surface area contributed by atoms with Gasteiger partial charge in [-0.3, -0.25) is 4.90 Å². The van der Waals surface area contributed by atoms with Crippen LogP contribution in [0.5, 0.6) is 0 Å². The molecule has 0 amide bonds. The van der Waals surface area contributed by atoms with Crippen LogP contribution in [0.1, 0.15) is 11.1 Å². The Hall–Kier alpha value is -2.73. The van der Waals surface area contributed by atoms with Gasteiger partial charge in [0.1, 0.15) is 29.9 Å². The standard InChI is InChI=1S/C22H25F2N5O3S/c1-17-2-5-19(6-3-17)33(31,32)29-10-8-27(9-11-29)13-22(30,14-28-16-25-15-26-28)20-7-4-18(23)12-21(20)24/h2-7,12,15-16,30H,8-11,13-14H2,1H3. The van der Waals surface area contributed by atoms with Crippen molar-refractivity contribution in [3.05, 3.63) is 77.9 Å². The third-order valence-electron chi connectivity index (χ3n) is 5.80. The number of aryl methyl sites for hydroxylation is 1. The zero-order valence-electron chi connectivity index (χ0n) is 18.1. The molecule has 1 saturated heterocycles. The Morgan fingerprint density at radius 1 is 1.03 bits per heavy atom. The van der Waals surface area contributed by atoms with Crippen molar-refractivity contribution in [2.75, 3.05) is 32.7 Å². The molecule has 0 saturated carbocycles. The molecule has 3 aromatic rings. The van der Waals surface area contributed by atoms with E-state index in [1.807, 2.05) is 11.8 Å². The van der Waals surface area contributed by atoms with Crippen molar-refractivity contribution in [2.45, 2.75) is 24.0 Å². The van der Waals surface area contributed by atoms with Crippen molar-refractivity contribution in [1.29, 1.82) is 0 Å². The summed E-state index contributed by atoms with van der Waals surface area (Å²) in [6.45, 7) is 2.93. The molecule has 0 aliphatic carbocycles. The summed E-state index contributed by atoms with van der Waals surface area (Å²) >= 11 is 0. The van der Waals surface area contributed by atoms with Crippen LogP contribution >= 0.6 is 0 Å². The minimum absolute atomic E-state index is 0.00777. The molecule has 4 rings (SSSR count). The van der Waals surface area contributed by atoms with Gasteiger partial charge in [-0.05, 0) is 25.1 Å². The van der Waals surface area contributed by atoms with Crippen molar-refractivity contribution >= 4 is 10.0 Å². The van der Waals surface area contributed by atoms with Gasteiger partial charge in [0.15, 0.2) is 0 Å². The molecule has 1 fully saturated rings. The zero-order valence-corrected chi connectivity index (χ0v) is 18.9. The molecule has 1 aliphatic rings. The zero-order chi connectivity index (χ0) is 23.6. The lowest BCUT2D eigenvalue weighted by molar-refractivity contribution is -0.0274. The molecule has 0 spiro atoms. The van der Waals surface area contributed by atoms with Gasteiger partial charge in [-0.1, -0.05) is 23.8 Å². The Bertz CT molecular complexity index is 1200. The summed E-state index contributed by atoms with van der Waals surface area (Å²) in [5, 5.41) is 15.5. The Morgan fingerprint density at radius 2 is 1.73 bits per heavy atom. The largest absolute Gasteiger partial charge is 0.382 e. The first-order chi connectivity index (χ1) is 15.7. The van der Waals surface area contributed by atoms with E-state index in [0.29, 0.717) is 13.1 Å². The summed E-state index contributed by atoms with van der Waals surface area (Å²) in [6.07, 6.45) is 2.70. The number of nitrogens with zero attached hydrogens (tertiary/aromatic N) is 5. The first-order valence-corrected chi connectivity index (χ1v) is 11.9. The van der Waals surface area contributed by atoms with Crippen LogP contribution in [0, 0.1) is 18.6 Å². The van der Waals surface area contributed by atoms with Crippen molar-refractivity contribution in [2.24, 2.45) is 0 Å². The third kappa shape index (κ3) is 5.11. The number of aromatic nitrogens is 3. The second kappa shape index (κ2) is 9.26. The molecule has 1 aromatic heterocycles. The Morgan fingerprint density at radius 3 is 2.33 bits per heavy atom. The molecule has 176 valence electrons. The molecule has 8 nitrogen and oxygen atoms in total. The van der Waals surface area contributed by atoms with Crippen molar-refractivity contribution in [3.8, 4) is 0 Å². The highest BCUT2D eigenvalue weighted by Gasteiger charge is 2.37. The number of hydrogen-bond acceptors (Lipinski definition) is 6. The molecule has 2 heterocycles. The van der Waals surface area contributed by atoms with Crippen LogP contribution in [-0.4, -0.2) is 70.2 Å². The van der Waals surface area contributed by atoms with Crippen LogP contribution < -0.4 is 0 Å². The minimum Gasteiger partial charge on any atom is -0.382 e. The first kappa shape index (κ1) is 23.4. The van der Waals surface area contributed by atoms with Crippen molar-refractivity contribution in [3.63, 3.8) is 0 Å². The molecule has 33 heavy (non-hydrogen) atoms. The number of piperazine rings is 1. The lowest BCUT2D eigenvalue weighted by Crippen LogP contribution is -2.53. The highest BCUT2D eigenvalue weighted by atomic mass is 32.2. The molecular weight excluding hydrogens is 452 g/mol. The monoisotopic (exact) mass is 477 g/mol. The minimum atomic E-state index is -3.63. The average Bonchev–Trinajstić information content (AvgIpc) is 3.27. The molecule has 11 heteroatoms. The quantitative estimate of drug-likeness (QED) is 0.558. The van der Waals surface area contributed by atoms with Crippen LogP contribution in [0.25, 0.3) is 0 Å². The fraction of sp³-hybridized carbons (Fsp3) is 0.364. The maximum atomic E-state index is 14.6. The Labute approximate surface area is 191 Å². The van der Waals surface area contributed by atoms with E-state index in [0.717, 1.165) is 17.7 Å². The highest BCUT2D eigenvalue weighted by molar-refractivity contribution is 7.89. The average molecular weight is 478 g/mol. The van der Waals surface area contributed by atoms with Gasteiger partial charge in [0.05, 0.1) is 11.4 Å². The summed E-state index contributed by atoms with van der Waals surface area (Å²) in [5.74, 6) is -1.60. The van der Waals surface area contributed by atoms with E-state index < -0.39 is 27.3 Å². The Kier molecular flexibility index (Phi) is 6.57. The van der Waals surface area contributed by atoms with Crippen LogP contribution in [0.2, 0.25) is 0 Å². The molecule has 1 N–H and O–H groups in total. The molecule has 1 unspecified atom stereocenters. The fourth-order valence-corrected chi connectivity index (χ4v) is 5.45. The van der Waals surface area contributed by atoms with E-state index in [2.05, 4.69) is 10.1 Å². The Balaban J connectivity index is 1.51. The third-order valence-corrected chi connectivity index (χ3v) is 7.71. The molecule has 2 aromatic carbocycles. The summed E-state index contributed by atoms with van der Waals surface area (Å²) in [7, 11) is -3.63. The molecule has 0 radical (unpaired) electrons. The van der Waals surface area contributed by atoms with E-state index in [9.17, 15) is 22.3 Å². The lowest BCUT2D eigenvalue weighted by Gasteiger charge is -2.39. The molecular formula is C22H25F2N5O3S. The maximum absolute atomic E-state index is 14.6. The SMILES string of the molecule is Cc1ccc(S(=O)(=O)N2CCN(CC(O)(Cn3cncn3)c3ccc(F)cc3F)CC2)cc1. The first-order valence-electron chi connectivity index (χ1n) is 10.5. The van der Waals surface area contributed by atoms with Gasteiger partial charge in [0.2, 0.25) is 10.0 Å². The summed E-state index contributed by atoms with van der Waals surface area (Å²) < 4.78 is 56.8. The van der Waals surface area contributed by atoms with Crippen LogP contribution in [0.15, 0.2) is 60.0 Å². The van der Waals surface area contributed by atoms with Gasteiger partial charge in [0.25, 0.3) is 0 Å². The summed E-state index contributed by atoms with van der Waals surface area (Å²) in [6, 6.07) is 9.73. The predicted octanol–water partition coefficient (Wildman–Crippen LogP) is 1.76. The number of aliphatic hydroxyl groups is 1. The maximum Gasteiger partial charge on any atom is 0.243 e. The molecule has 0 bridgehead atoms. The normalized spacial score (nSPS) is 17.7. The smallest absolute Gasteiger partial charge is 0.243 e. The van der Waals surface area contributed by atoms with Gasteiger partial charge in [-0.25, -0.2) is 26.9 Å². The van der Waals surface area contributed by atoms with Crippen molar-refractivity contribution < 1.29 is 22.3 Å². The van der Waals surface area contributed by atoms with Crippen LogP contribution in [0.4, 0.5) is 8.78 Å². The number of rotatable bonds is 7. The summed E-state index contributed by atoms with van der Waals surface area (Å²) in [4.78, 5) is 5.95. The van der Waals surface area contributed by atoms with Gasteiger partial charge < -0.3 is 5.11 Å². The number of hydrogen-bond donors (Lipinski definition) is 1. The van der Waals surface area contributed by atoms with E-state index in [-0.39, 0.29) is 36.6 Å². The fourth-order valence-electron chi connectivity index (χ4n) is 4.03. The van der Waals surface area contributed by atoms with Gasteiger partial charge in [-0.2, -0.15) is 9.40 Å². The van der Waals surface area contributed by atoms with Crippen LogP contribution in [-0.2, 0) is 22.2 Å². The van der Waals surface area contributed by atoms with E-state index in [1.54, 1.807) is 24.3 Å². The van der Waals surface area contributed by atoms with Gasteiger partial charge >= 0.3 is 0 Å². The number of β-amino-alcohol motifs (C(OH)–C–C–N with tert-alkyl or cyclic N) is 1. The molecule has 1 atom stereocenters. The number of benzene rings is 2. The molecule has 1 aliphatic heterocycles. The van der Waals surface area contributed by atoms with E-state index in [1.165, 1.54) is 27.7 Å². The lowest BCUT2D eigenvalue weighted by atomic mass is 9.92. The van der Waals surface area contributed by atoms with Crippen LogP contribution in [0.3, 0.4) is 0 Å². The van der Waals surface area contributed by atoms with E-state index >= 15 is 0 Å². The van der Waals surface area contributed by atoms with Gasteiger partial charge in [-0.15, -0.1) is 0 Å². The predicted molar refractivity (Wildman–Crippen MR) is 117 cm³/mol. The van der Waals surface area contributed by atoms with Crippen molar-refractivity contribution in [1.82, 2.24) is 24.0 Å². The van der Waals surface area contributed by atoms with Gasteiger partial charge in [0, 0.05) is 44.4 Å². The number of halogens is 2. The topological polar surface area (TPSA) is 91.6 Å². The number of sulfonamides is 1. The second-order valence-corrected chi connectivity index (χ2v) is 10.2.